The van der Waals surface area contributed by atoms with Crippen LogP contribution in [0.4, 0.5) is 5.69 Å². The highest BCUT2D eigenvalue weighted by Gasteiger charge is 2.27. The fourth-order valence-electron chi connectivity index (χ4n) is 2.12. The van der Waals surface area contributed by atoms with Crippen molar-refractivity contribution in [1.82, 2.24) is 0 Å². The first-order chi connectivity index (χ1) is 9.38. The van der Waals surface area contributed by atoms with Crippen molar-refractivity contribution in [3.63, 3.8) is 0 Å². The van der Waals surface area contributed by atoms with E-state index in [1.54, 1.807) is 11.9 Å². The lowest BCUT2D eigenvalue weighted by molar-refractivity contribution is 1.12. The highest BCUT2D eigenvalue weighted by atomic mass is 32.2. The van der Waals surface area contributed by atoms with Crippen LogP contribution < -0.4 is 4.72 Å². The van der Waals surface area contributed by atoms with E-state index in [-0.39, 0.29) is 0 Å². The molecule has 0 atom stereocenters. The Bertz CT molecular complexity index is 612. The second-order valence-electron chi connectivity index (χ2n) is 4.67. The van der Waals surface area contributed by atoms with Gasteiger partial charge in [-0.3, -0.25) is 0 Å². The number of hydrogen-bond acceptors (Lipinski definition) is 3. The molecular formula is C16H14N2S. The number of anilines is 1. The molecule has 2 aromatic rings. The normalized spacial score (nSPS) is 13.8. The highest BCUT2D eigenvalue weighted by molar-refractivity contribution is 8.00. The molecule has 2 nitrogen and oxygen atoms in total. The fraction of sp³-hybridized carbons (Fsp3) is 0.188. The molecule has 19 heavy (non-hydrogen) atoms. The van der Waals surface area contributed by atoms with Crippen molar-refractivity contribution in [2.45, 2.75) is 23.7 Å². The third-order valence-corrected chi connectivity index (χ3v) is 4.08. The Hall–Kier alpha value is -1.92. The van der Waals surface area contributed by atoms with Crippen molar-refractivity contribution in [2.75, 3.05) is 4.72 Å². The molecule has 3 heteroatoms. The van der Waals surface area contributed by atoms with Crippen LogP contribution in [0.5, 0.6) is 0 Å². The molecule has 0 radical (unpaired) electrons. The zero-order valence-electron chi connectivity index (χ0n) is 10.5. The Kier molecular flexibility index (Phi) is 3.43. The summed E-state index contributed by atoms with van der Waals surface area (Å²) in [5.41, 5.74) is 2.91. The summed E-state index contributed by atoms with van der Waals surface area (Å²) in [7, 11) is 0. The minimum Gasteiger partial charge on any atom is -0.324 e. The third-order valence-electron chi connectivity index (χ3n) is 3.25. The molecule has 0 aliphatic heterocycles. The molecule has 2 aromatic carbocycles. The summed E-state index contributed by atoms with van der Waals surface area (Å²) in [6, 6.07) is 18.5. The first kappa shape index (κ1) is 12.1. The van der Waals surface area contributed by atoms with Crippen molar-refractivity contribution in [1.29, 1.82) is 5.26 Å². The average molecular weight is 266 g/mol. The number of benzene rings is 2. The van der Waals surface area contributed by atoms with Crippen molar-refractivity contribution in [3.05, 3.63) is 59.7 Å². The zero-order valence-corrected chi connectivity index (χ0v) is 11.3. The van der Waals surface area contributed by atoms with E-state index in [4.69, 9.17) is 0 Å². The predicted octanol–water partition coefficient (Wildman–Crippen LogP) is 4.55. The molecule has 0 aromatic heterocycles. The molecule has 1 fully saturated rings. The summed E-state index contributed by atoms with van der Waals surface area (Å²) in [5, 5.41) is 9.37. The average Bonchev–Trinajstić information content (AvgIpc) is 3.30. The predicted molar refractivity (Wildman–Crippen MR) is 79.1 cm³/mol. The maximum absolute atomic E-state index is 9.37. The highest BCUT2D eigenvalue weighted by Crippen LogP contribution is 2.43. The molecule has 1 aliphatic carbocycles. The van der Waals surface area contributed by atoms with E-state index in [0.29, 0.717) is 5.92 Å². The second-order valence-corrected chi connectivity index (χ2v) is 5.55. The van der Waals surface area contributed by atoms with E-state index in [2.05, 4.69) is 29.0 Å². The van der Waals surface area contributed by atoms with Crippen molar-refractivity contribution >= 4 is 17.6 Å². The van der Waals surface area contributed by atoms with Crippen molar-refractivity contribution in [2.24, 2.45) is 0 Å². The van der Waals surface area contributed by atoms with E-state index in [9.17, 15) is 5.26 Å². The Morgan fingerprint density at radius 3 is 2.53 bits per heavy atom. The van der Waals surface area contributed by atoms with Crippen LogP contribution in [0, 0.1) is 11.3 Å². The Balaban J connectivity index is 1.81. The van der Waals surface area contributed by atoms with Gasteiger partial charge >= 0.3 is 0 Å². The van der Waals surface area contributed by atoms with Crippen molar-refractivity contribution < 1.29 is 0 Å². The standard InChI is InChI=1S/C16H14N2S/c17-11-15-14(12-9-10-12)7-4-8-16(15)18-19-13-5-2-1-3-6-13/h1-8,12,18H,9-10H2. The van der Waals surface area contributed by atoms with Gasteiger partial charge in [0, 0.05) is 4.90 Å². The number of nitrogens with one attached hydrogen (secondary N) is 1. The summed E-state index contributed by atoms with van der Waals surface area (Å²) < 4.78 is 3.30. The summed E-state index contributed by atoms with van der Waals surface area (Å²) in [6.07, 6.45) is 2.42. The molecule has 0 bridgehead atoms. The first-order valence-corrected chi connectivity index (χ1v) is 7.21. The van der Waals surface area contributed by atoms with E-state index in [1.165, 1.54) is 18.4 Å². The summed E-state index contributed by atoms with van der Waals surface area (Å²) in [5.74, 6) is 0.595. The minimum atomic E-state index is 0.595. The molecule has 0 saturated heterocycles. The fourth-order valence-corrected chi connectivity index (χ4v) is 2.81. The summed E-state index contributed by atoms with van der Waals surface area (Å²) >= 11 is 1.54. The molecule has 0 spiro atoms. The van der Waals surface area contributed by atoms with Gasteiger partial charge in [-0.25, -0.2) is 0 Å². The molecule has 0 amide bonds. The number of nitriles is 1. The smallest absolute Gasteiger partial charge is 0.102 e. The Labute approximate surface area is 117 Å². The second kappa shape index (κ2) is 5.38. The van der Waals surface area contributed by atoms with E-state index in [0.717, 1.165) is 16.1 Å². The quantitative estimate of drug-likeness (QED) is 0.824. The largest absolute Gasteiger partial charge is 0.324 e. The van der Waals surface area contributed by atoms with Crippen LogP contribution in [0.3, 0.4) is 0 Å². The lowest BCUT2D eigenvalue weighted by atomic mass is 10.0. The molecular weight excluding hydrogens is 252 g/mol. The third kappa shape index (κ3) is 2.74. The SMILES string of the molecule is N#Cc1c(NSc2ccccc2)cccc1C1CC1. The molecule has 0 unspecified atom stereocenters. The van der Waals surface area contributed by atoms with Gasteiger partial charge in [0.05, 0.1) is 11.3 Å². The number of nitrogens with zero attached hydrogens (tertiary/aromatic N) is 1. The molecule has 0 heterocycles. The molecule has 94 valence electrons. The van der Waals surface area contributed by atoms with Crippen LogP contribution in [0.2, 0.25) is 0 Å². The maximum atomic E-state index is 9.37. The first-order valence-electron chi connectivity index (χ1n) is 6.39. The van der Waals surface area contributed by atoms with Crippen LogP contribution >= 0.6 is 11.9 Å². The number of hydrogen-bond donors (Lipinski definition) is 1. The van der Waals surface area contributed by atoms with Gasteiger partial charge < -0.3 is 4.72 Å². The monoisotopic (exact) mass is 266 g/mol. The molecule has 1 aliphatic rings. The molecule has 1 saturated carbocycles. The lowest BCUT2D eigenvalue weighted by Crippen LogP contribution is -1.95. The van der Waals surface area contributed by atoms with Gasteiger partial charge in [-0.2, -0.15) is 5.26 Å². The Morgan fingerprint density at radius 1 is 1.05 bits per heavy atom. The van der Waals surface area contributed by atoms with Gasteiger partial charge in [0.15, 0.2) is 0 Å². The van der Waals surface area contributed by atoms with Gasteiger partial charge in [0.25, 0.3) is 0 Å². The molecule has 1 N–H and O–H groups in total. The summed E-state index contributed by atoms with van der Waals surface area (Å²) in [6.45, 7) is 0. The maximum Gasteiger partial charge on any atom is 0.102 e. The zero-order chi connectivity index (χ0) is 13.1. The van der Waals surface area contributed by atoms with Crippen LogP contribution in [-0.4, -0.2) is 0 Å². The van der Waals surface area contributed by atoms with Gasteiger partial charge in [0.1, 0.15) is 6.07 Å². The van der Waals surface area contributed by atoms with Crippen LogP contribution in [-0.2, 0) is 0 Å². The van der Waals surface area contributed by atoms with E-state index < -0.39 is 0 Å². The topological polar surface area (TPSA) is 35.8 Å². The van der Waals surface area contributed by atoms with E-state index in [1.807, 2.05) is 30.3 Å². The Morgan fingerprint density at radius 2 is 1.84 bits per heavy atom. The van der Waals surface area contributed by atoms with Gasteiger partial charge in [-0.05, 0) is 54.5 Å². The van der Waals surface area contributed by atoms with Gasteiger partial charge in [-0.1, -0.05) is 30.3 Å². The van der Waals surface area contributed by atoms with Crippen LogP contribution in [0.15, 0.2) is 53.4 Å². The van der Waals surface area contributed by atoms with E-state index >= 15 is 0 Å². The lowest BCUT2D eigenvalue weighted by Gasteiger charge is -2.10. The van der Waals surface area contributed by atoms with Crippen LogP contribution in [0.1, 0.15) is 29.9 Å². The number of rotatable bonds is 4. The molecule has 3 rings (SSSR count). The van der Waals surface area contributed by atoms with Crippen molar-refractivity contribution in [3.8, 4) is 6.07 Å². The van der Waals surface area contributed by atoms with Crippen LogP contribution in [0.25, 0.3) is 0 Å². The van der Waals surface area contributed by atoms with Gasteiger partial charge in [-0.15, -0.1) is 0 Å². The minimum absolute atomic E-state index is 0.595. The van der Waals surface area contributed by atoms with Gasteiger partial charge in [0.2, 0.25) is 0 Å². The summed E-state index contributed by atoms with van der Waals surface area (Å²) in [4.78, 5) is 1.14.